The number of nitrogens with one attached hydrogen (secondary N) is 2. The lowest BCUT2D eigenvalue weighted by molar-refractivity contribution is 0.102. The van der Waals surface area contributed by atoms with Crippen LogP contribution in [0.3, 0.4) is 0 Å². The van der Waals surface area contributed by atoms with Crippen molar-refractivity contribution >= 4 is 17.5 Å². The number of carbonyl (C=O) groups is 1. The summed E-state index contributed by atoms with van der Waals surface area (Å²) in [6.07, 6.45) is 3.12. The standard InChI is InChI=1S/C21H30N4O/c1-13(2)16-9-8-10-17(14(3)4)18(16)24-19(26)15-11-22-20(23-12-15)25-21(5,6)7/h8-14H,1-7H3,(H,24,26)(H,22,23,25). The van der Waals surface area contributed by atoms with Crippen LogP contribution in [0.4, 0.5) is 11.6 Å². The van der Waals surface area contributed by atoms with Crippen molar-refractivity contribution in [3.05, 3.63) is 47.3 Å². The summed E-state index contributed by atoms with van der Waals surface area (Å²) in [5.74, 6) is 0.957. The van der Waals surface area contributed by atoms with Crippen LogP contribution in [0.1, 0.15) is 81.8 Å². The van der Waals surface area contributed by atoms with E-state index in [9.17, 15) is 4.79 Å². The summed E-state index contributed by atoms with van der Waals surface area (Å²) in [5, 5.41) is 6.28. The molecule has 0 spiro atoms. The Morgan fingerprint density at radius 3 is 1.88 bits per heavy atom. The minimum Gasteiger partial charge on any atom is -0.350 e. The molecular weight excluding hydrogens is 324 g/mol. The Labute approximate surface area is 156 Å². The van der Waals surface area contributed by atoms with Gasteiger partial charge in [-0.05, 0) is 43.7 Å². The van der Waals surface area contributed by atoms with Crippen molar-refractivity contribution in [1.29, 1.82) is 0 Å². The molecule has 1 aromatic heterocycles. The maximum atomic E-state index is 12.7. The number of hydrogen-bond donors (Lipinski definition) is 2. The van der Waals surface area contributed by atoms with Gasteiger partial charge in [0.1, 0.15) is 0 Å². The predicted octanol–water partition coefficient (Wildman–Crippen LogP) is 5.19. The van der Waals surface area contributed by atoms with Gasteiger partial charge in [-0.3, -0.25) is 4.79 Å². The van der Waals surface area contributed by atoms with Gasteiger partial charge in [-0.15, -0.1) is 0 Å². The normalized spacial score (nSPS) is 11.7. The Hall–Kier alpha value is -2.43. The van der Waals surface area contributed by atoms with Crippen molar-refractivity contribution in [1.82, 2.24) is 9.97 Å². The molecule has 5 nitrogen and oxygen atoms in total. The molecule has 1 aromatic carbocycles. The Morgan fingerprint density at radius 1 is 0.962 bits per heavy atom. The molecule has 1 amide bonds. The van der Waals surface area contributed by atoms with Crippen molar-refractivity contribution in [3.8, 4) is 0 Å². The van der Waals surface area contributed by atoms with Crippen molar-refractivity contribution in [2.45, 2.75) is 65.8 Å². The second-order valence-electron chi connectivity index (χ2n) is 8.25. The van der Waals surface area contributed by atoms with Crippen LogP contribution in [0, 0.1) is 0 Å². The van der Waals surface area contributed by atoms with Gasteiger partial charge in [0.15, 0.2) is 0 Å². The lowest BCUT2D eigenvalue weighted by atomic mass is 9.92. The fraction of sp³-hybridized carbons (Fsp3) is 0.476. The van der Waals surface area contributed by atoms with Crippen molar-refractivity contribution in [2.75, 3.05) is 10.6 Å². The molecule has 2 N–H and O–H groups in total. The van der Waals surface area contributed by atoms with Crippen molar-refractivity contribution in [2.24, 2.45) is 0 Å². The fourth-order valence-electron chi connectivity index (χ4n) is 2.73. The molecule has 2 aromatic rings. The summed E-state index contributed by atoms with van der Waals surface area (Å²) in [6, 6.07) is 6.19. The summed E-state index contributed by atoms with van der Waals surface area (Å²) in [4.78, 5) is 21.3. The lowest BCUT2D eigenvalue weighted by Gasteiger charge is -2.21. The summed E-state index contributed by atoms with van der Waals surface area (Å²) < 4.78 is 0. The number of rotatable bonds is 5. The first-order valence-electron chi connectivity index (χ1n) is 9.13. The van der Waals surface area contributed by atoms with Crippen LogP contribution in [-0.4, -0.2) is 21.4 Å². The average Bonchev–Trinajstić information content (AvgIpc) is 2.53. The summed E-state index contributed by atoms with van der Waals surface area (Å²) in [5.41, 5.74) is 3.48. The van der Waals surface area contributed by atoms with Gasteiger partial charge in [0.25, 0.3) is 5.91 Å². The topological polar surface area (TPSA) is 66.9 Å². The quantitative estimate of drug-likeness (QED) is 0.776. The Balaban J connectivity index is 2.27. The highest BCUT2D eigenvalue weighted by Gasteiger charge is 2.18. The maximum Gasteiger partial charge on any atom is 0.258 e. The maximum absolute atomic E-state index is 12.7. The molecule has 26 heavy (non-hydrogen) atoms. The van der Waals surface area contributed by atoms with E-state index in [1.54, 1.807) is 12.4 Å². The molecular formula is C21H30N4O. The molecule has 0 saturated heterocycles. The van der Waals surface area contributed by atoms with E-state index in [2.05, 4.69) is 66.5 Å². The van der Waals surface area contributed by atoms with Crippen LogP contribution in [-0.2, 0) is 0 Å². The zero-order valence-electron chi connectivity index (χ0n) is 16.8. The number of hydrogen-bond acceptors (Lipinski definition) is 4. The highest BCUT2D eigenvalue weighted by Crippen LogP contribution is 2.32. The Morgan fingerprint density at radius 2 is 1.46 bits per heavy atom. The van der Waals surface area contributed by atoms with Crippen LogP contribution >= 0.6 is 0 Å². The minimum atomic E-state index is -0.192. The summed E-state index contributed by atoms with van der Waals surface area (Å²) in [6.45, 7) is 14.6. The highest BCUT2D eigenvalue weighted by molar-refractivity contribution is 6.04. The van der Waals surface area contributed by atoms with E-state index >= 15 is 0 Å². The van der Waals surface area contributed by atoms with Gasteiger partial charge in [-0.1, -0.05) is 45.9 Å². The number of carbonyl (C=O) groups excluding carboxylic acids is 1. The molecule has 2 rings (SSSR count). The molecule has 1 heterocycles. The number of amides is 1. The first-order valence-corrected chi connectivity index (χ1v) is 9.13. The van der Waals surface area contributed by atoms with Gasteiger partial charge in [0, 0.05) is 23.6 Å². The largest absolute Gasteiger partial charge is 0.350 e. The first kappa shape index (κ1) is 19.9. The van der Waals surface area contributed by atoms with Gasteiger partial charge < -0.3 is 10.6 Å². The first-order chi connectivity index (χ1) is 12.1. The van der Waals surface area contributed by atoms with Crippen molar-refractivity contribution < 1.29 is 4.79 Å². The molecule has 0 aliphatic carbocycles. The Kier molecular flexibility index (Phi) is 6.01. The smallest absolute Gasteiger partial charge is 0.258 e. The second-order valence-corrected chi connectivity index (χ2v) is 8.25. The molecule has 0 atom stereocenters. The number of aromatic nitrogens is 2. The molecule has 140 valence electrons. The summed E-state index contributed by atoms with van der Waals surface area (Å²) in [7, 11) is 0. The minimum absolute atomic E-state index is 0.133. The van der Waals surface area contributed by atoms with Crippen molar-refractivity contribution in [3.63, 3.8) is 0 Å². The van der Waals surface area contributed by atoms with Crippen LogP contribution in [0.5, 0.6) is 0 Å². The third kappa shape index (κ3) is 5.04. The summed E-state index contributed by atoms with van der Waals surface area (Å²) >= 11 is 0. The van der Waals surface area contributed by atoms with E-state index < -0.39 is 0 Å². The molecule has 0 unspecified atom stereocenters. The molecule has 0 fully saturated rings. The predicted molar refractivity (Wildman–Crippen MR) is 108 cm³/mol. The third-order valence-corrected chi connectivity index (χ3v) is 4.01. The fourth-order valence-corrected chi connectivity index (χ4v) is 2.73. The lowest BCUT2D eigenvalue weighted by Crippen LogP contribution is -2.27. The van der Waals surface area contributed by atoms with Gasteiger partial charge in [-0.25, -0.2) is 9.97 Å². The van der Waals surface area contributed by atoms with Crippen LogP contribution < -0.4 is 10.6 Å². The molecule has 0 bridgehead atoms. The number of para-hydroxylation sites is 1. The van der Waals surface area contributed by atoms with E-state index in [4.69, 9.17) is 0 Å². The van der Waals surface area contributed by atoms with E-state index in [0.29, 0.717) is 23.3 Å². The Bertz CT molecular complexity index is 732. The molecule has 5 heteroatoms. The van der Waals surface area contributed by atoms with Gasteiger partial charge in [0.05, 0.1) is 5.56 Å². The van der Waals surface area contributed by atoms with Gasteiger partial charge >= 0.3 is 0 Å². The molecule has 0 aliphatic rings. The second kappa shape index (κ2) is 7.85. The molecule has 0 radical (unpaired) electrons. The van der Waals surface area contributed by atoms with Crippen LogP contribution in [0.15, 0.2) is 30.6 Å². The number of anilines is 2. The number of nitrogens with zero attached hydrogens (tertiary/aromatic N) is 2. The third-order valence-electron chi connectivity index (χ3n) is 4.01. The van der Waals surface area contributed by atoms with Crippen LogP contribution in [0.25, 0.3) is 0 Å². The number of benzene rings is 1. The van der Waals surface area contributed by atoms with E-state index in [-0.39, 0.29) is 11.4 Å². The van der Waals surface area contributed by atoms with Gasteiger partial charge in [0.2, 0.25) is 5.95 Å². The highest BCUT2D eigenvalue weighted by atomic mass is 16.1. The average molecular weight is 354 g/mol. The van der Waals surface area contributed by atoms with E-state index in [0.717, 1.165) is 16.8 Å². The molecule has 0 aliphatic heterocycles. The van der Waals surface area contributed by atoms with E-state index in [1.165, 1.54) is 0 Å². The molecule has 0 saturated carbocycles. The monoisotopic (exact) mass is 354 g/mol. The van der Waals surface area contributed by atoms with Crippen LogP contribution in [0.2, 0.25) is 0 Å². The van der Waals surface area contributed by atoms with E-state index in [1.807, 2.05) is 20.8 Å². The zero-order chi connectivity index (χ0) is 19.5. The van der Waals surface area contributed by atoms with Gasteiger partial charge in [-0.2, -0.15) is 0 Å². The SMILES string of the molecule is CC(C)c1cccc(C(C)C)c1NC(=O)c1cnc(NC(C)(C)C)nc1. The zero-order valence-corrected chi connectivity index (χ0v) is 16.8.